The summed E-state index contributed by atoms with van der Waals surface area (Å²) in [7, 11) is 1.61. The van der Waals surface area contributed by atoms with Crippen molar-refractivity contribution in [2.24, 2.45) is 23.7 Å². The number of fused-ring (bicyclic) bond motifs is 2. The number of methoxy groups -OCH3 is 1. The summed E-state index contributed by atoms with van der Waals surface area (Å²) in [6, 6.07) is 0. The molecule has 2 rings (SSSR count). The highest BCUT2D eigenvalue weighted by molar-refractivity contribution is 4.92. The molecule has 0 aromatic carbocycles. The molecule has 4 atom stereocenters. The van der Waals surface area contributed by atoms with Gasteiger partial charge in [-0.3, -0.25) is 0 Å². The molecular formula is C17H34O3. The summed E-state index contributed by atoms with van der Waals surface area (Å²) in [4.78, 5) is 0. The van der Waals surface area contributed by atoms with Crippen LogP contribution in [0.2, 0.25) is 0 Å². The van der Waals surface area contributed by atoms with Crippen LogP contribution in [0.5, 0.6) is 0 Å². The molecule has 2 aliphatic rings. The molecule has 2 fully saturated rings. The molecule has 0 saturated heterocycles. The van der Waals surface area contributed by atoms with Gasteiger partial charge in [0.2, 0.25) is 0 Å². The quantitative estimate of drug-likeness (QED) is 0.688. The molecule has 0 N–H and O–H groups in total. The fraction of sp³-hybridized carbons (Fsp3) is 1.00. The highest BCUT2D eigenvalue weighted by Gasteiger charge is 2.42. The maximum absolute atomic E-state index is 5.33. The van der Waals surface area contributed by atoms with E-state index in [9.17, 15) is 0 Å². The predicted molar refractivity (Wildman–Crippen MR) is 82.7 cm³/mol. The average molecular weight is 286 g/mol. The Hall–Kier alpha value is -0.120. The first kappa shape index (κ1) is 17.9. The summed E-state index contributed by atoms with van der Waals surface area (Å²) >= 11 is 0. The minimum Gasteiger partial charge on any atom is -0.379 e. The summed E-state index contributed by atoms with van der Waals surface area (Å²) in [5.41, 5.74) is -0.244. The lowest BCUT2D eigenvalue weighted by atomic mass is 9.82. The molecule has 0 aliphatic heterocycles. The molecule has 0 spiro atoms. The molecule has 2 aliphatic carbocycles. The summed E-state index contributed by atoms with van der Waals surface area (Å²) in [5, 5.41) is 0. The summed E-state index contributed by atoms with van der Waals surface area (Å²) < 4.78 is 15.3. The largest absolute Gasteiger partial charge is 0.379 e. The van der Waals surface area contributed by atoms with E-state index in [1.54, 1.807) is 13.5 Å². The zero-order valence-electron chi connectivity index (χ0n) is 14.3. The van der Waals surface area contributed by atoms with Crippen LogP contribution >= 0.6 is 0 Å². The summed E-state index contributed by atoms with van der Waals surface area (Å²) in [5.74, 6) is 4.32. The van der Waals surface area contributed by atoms with Gasteiger partial charge in [-0.25, -0.2) is 0 Å². The Morgan fingerprint density at radius 2 is 1.60 bits per heavy atom. The second kappa shape index (κ2) is 8.35. The topological polar surface area (TPSA) is 27.7 Å². The second-order valence-electron chi connectivity index (χ2n) is 7.00. The number of hydrogen-bond donors (Lipinski definition) is 0. The molecule has 2 bridgehead atoms. The van der Waals surface area contributed by atoms with Crippen molar-refractivity contribution < 1.29 is 14.2 Å². The molecule has 3 nitrogen and oxygen atoms in total. The van der Waals surface area contributed by atoms with Crippen molar-refractivity contribution in [1.82, 2.24) is 0 Å². The number of ether oxygens (including phenoxy) is 3. The van der Waals surface area contributed by atoms with Gasteiger partial charge in [0.1, 0.15) is 6.79 Å². The number of hydrogen-bond acceptors (Lipinski definition) is 3. The van der Waals surface area contributed by atoms with Crippen LogP contribution in [-0.4, -0.2) is 32.7 Å². The van der Waals surface area contributed by atoms with Gasteiger partial charge in [-0.05, 0) is 63.7 Å². The fourth-order valence-corrected chi connectivity index (χ4v) is 3.47. The standard InChI is InChI=1S/C9H16.C8H18O3/c1-6-7(2)9-4-3-8(6)5-9;1-5-10-6-8(2,3)11-7-9-4/h6-9H,3-5H2,1-2H3;5-7H2,1-4H3/t6?,7?,8-,9+;. The highest BCUT2D eigenvalue weighted by Crippen LogP contribution is 2.51. The maximum Gasteiger partial charge on any atom is 0.147 e. The second-order valence-corrected chi connectivity index (χ2v) is 7.00. The molecule has 0 aromatic heterocycles. The molecule has 0 aromatic rings. The van der Waals surface area contributed by atoms with E-state index in [4.69, 9.17) is 14.2 Å². The third-order valence-electron chi connectivity index (χ3n) is 5.05. The van der Waals surface area contributed by atoms with Crippen molar-refractivity contribution in [1.29, 1.82) is 0 Å². The van der Waals surface area contributed by atoms with Crippen molar-refractivity contribution in [2.75, 3.05) is 27.1 Å². The smallest absolute Gasteiger partial charge is 0.147 e. The van der Waals surface area contributed by atoms with Gasteiger partial charge >= 0.3 is 0 Å². The third kappa shape index (κ3) is 5.34. The minimum atomic E-state index is -0.244. The van der Waals surface area contributed by atoms with Gasteiger partial charge in [0.05, 0.1) is 12.2 Å². The van der Waals surface area contributed by atoms with Gasteiger partial charge in [0, 0.05) is 13.7 Å². The molecule has 120 valence electrons. The minimum absolute atomic E-state index is 0.244. The molecular weight excluding hydrogens is 252 g/mol. The van der Waals surface area contributed by atoms with Crippen LogP contribution in [0.3, 0.4) is 0 Å². The Morgan fingerprint density at radius 3 is 1.95 bits per heavy atom. The van der Waals surface area contributed by atoms with Crippen LogP contribution in [0.15, 0.2) is 0 Å². The Balaban J connectivity index is 0.000000202. The maximum atomic E-state index is 5.33. The fourth-order valence-electron chi connectivity index (χ4n) is 3.47. The Bertz CT molecular complexity index is 237. The van der Waals surface area contributed by atoms with Crippen molar-refractivity contribution in [3.63, 3.8) is 0 Å². The normalized spacial score (nSPS) is 32.1. The molecule has 3 heteroatoms. The molecule has 2 saturated carbocycles. The van der Waals surface area contributed by atoms with Gasteiger partial charge in [-0.2, -0.15) is 0 Å². The van der Waals surface area contributed by atoms with Gasteiger partial charge < -0.3 is 14.2 Å². The van der Waals surface area contributed by atoms with E-state index >= 15 is 0 Å². The van der Waals surface area contributed by atoms with E-state index in [1.807, 2.05) is 20.8 Å². The first-order valence-corrected chi connectivity index (χ1v) is 8.12. The first-order valence-electron chi connectivity index (χ1n) is 8.12. The lowest BCUT2D eigenvalue weighted by Crippen LogP contribution is -2.31. The Kier molecular flexibility index (Phi) is 7.49. The van der Waals surface area contributed by atoms with Gasteiger partial charge in [-0.15, -0.1) is 0 Å². The van der Waals surface area contributed by atoms with Crippen molar-refractivity contribution in [3.8, 4) is 0 Å². The monoisotopic (exact) mass is 286 g/mol. The van der Waals surface area contributed by atoms with Crippen LogP contribution in [0.1, 0.15) is 53.9 Å². The summed E-state index contributed by atoms with van der Waals surface area (Å²) in [6.07, 6.45) is 4.63. The van der Waals surface area contributed by atoms with Crippen molar-refractivity contribution in [2.45, 2.75) is 59.5 Å². The first-order chi connectivity index (χ1) is 9.41. The zero-order chi connectivity index (χ0) is 15.2. The molecule has 20 heavy (non-hydrogen) atoms. The van der Waals surface area contributed by atoms with E-state index in [2.05, 4.69) is 13.8 Å². The average Bonchev–Trinajstić information content (AvgIpc) is 3.00. The third-order valence-corrected chi connectivity index (χ3v) is 5.05. The molecule has 0 amide bonds. The van der Waals surface area contributed by atoms with E-state index in [0.29, 0.717) is 13.4 Å². The van der Waals surface area contributed by atoms with Crippen LogP contribution < -0.4 is 0 Å². The van der Waals surface area contributed by atoms with Gasteiger partial charge in [-0.1, -0.05) is 13.8 Å². The zero-order valence-corrected chi connectivity index (χ0v) is 14.3. The molecule has 0 heterocycles. The Morgan fingerprint density at radius 1 is 1.05 bits per heavy atom. The predicted octanol–water partition coefficient (Wildman–Crippen LogP) is 4.11. The van der Waals surface area contributed by atoms with E-state index in [0.717, 1.165) is 30.3 Å². The SMILES string of the molecule is CC1C(C)[C@H]2CC[C@@H]1C2.CCOCC(C)(C)OCOC. The number of rotatable bonds is 6. The van der Waals surface area contributed by atoms with Crippen molar-refractivity contribution in [3.05, 3.63) is 0 Å². The van der Waals surface area contributed by atoms with Gasteiger partial charge in [0.25, 0.3) is 0 Å². The van der Waals surface area contributed by atoms with Crippen LogP contribution in [0.4, 0.5) is 0 Å². The van der Waals surface area contributed by atoms with Crippen LogP contribution in [-0.2, 0) is 14.2 Å². The van der Waals surface area contributed by atoms with Crippen molar-refractivity contribution >= 4 is 0 Å². The lowest BCUT2D eigenvalue weighted by molar-refractivity contribution is -0.140. The van der Waals surface area contributed by atoms with E-state index in [1.165, 1.54) is 12.8 Å². The van der Waals surface area contributed by atoms with Crippen LogP contribution in [0.25, 0.3) is 0 Å². The summed E-state index contributed by atoms with van der Waals surface area (Å²) in [6.45, 7) is 12.4. The van der Waals surface area contributed by atoms with E-state index < -0.39 is 0 Å². The highest BCUT2D eigenvalue weighted by atomic mass is 16.7. The van der Waals surface area contributed by atoms with Crippen LogP contribution in [0, 0.1) is 23.7 Å². The molecule has 0 radical (unpaired) electrons. The molecule has 2 unspecified atom stereocenters. The van der Waals surface area contributed by atoms with Gasteiger partial charge in [0.15, 0.2) is 0 Å². The van der Waals surface area contributed by atoms with E-state index in [-0.39, 0.29) is 5.60 Å². The lowest BCUT2D eigenvalue weighted by Gasteiger charge is -2.24. The Labute approximate surface area is 125 Å².